The second-order valence-electron chi connectivity index (χ2n) is 6.37. The van der Waals surface area contributed by atoms with Crippen LogP contribution >= 0.6 is 0 Å². The van der Waals surface area contributed by atoms with Crippen LogP contribution in [0.2, 0.25) is 0 Å². The Morgan fingerprint density at radius 3 is 2.72 bits per heavy atom. The maximum Gasteiger partial charge on any atom is 0.349 e. The van der Waals surface area contributed by atoms with Gasteiger partial charge in [0, 0.05) is 31.7 Å². The van der Waals surface area contributed by atoms with Gasteiger partial charge in [0.05, 0.1) is 12.2 Å². The fourth-order valence-corrected chi connectivity index (χ4v) is 2.91. The van der Waals surface area contributed by atoms with Gasteiger partial charge in [-0.1, -0.05) is 0 Å². The number of hydrogen-bond donors (Lipinski definition) is 1. The van der Waals surface area contributed by atoms with Gasteiger partial charge in [-0.2, -0.15) is 0 Å². The van der Waals surface area contributed by atoms with Crippen molar-refractivity contribution in [3.8, 4) is 5.75 Å². The van der Waals surface area contributed by atoms with Gasteiger partial charge in [-0.3, -0.25) is 4.79 Å². The van der Waals surface area contributed by atoms with Crippen molar-refractivity contribution in [3.05, 3.63) is 40.2 Å². The van der Waals surface area contributed by atoms with E-state index in [2.05, 4.69) is 0 Å². The SMILES string of the molecule is CO[C@H]1CN(C(=O)c2cc3ccc(OC(C)C)cc3oc2=O)C[C@@H]1O. The zero-order chi connectivity index (χ0) is 18.1. The van der Waals surface area contributed by atoms with E-state index in [1.165, 1.54) is 18.1 Å². The van der Waals surface area contributed by atoms with Crippen LogP contribution in [0.15, 0.2) is 33.5 Å². The average Bonchev–Trinajstić information content (AvgIpc) is 2.94. The first kappa shape index (κ1) is 17.4. The van der Waals surface area contributed by atoms with Crippen molar-refractivity contribution in [2.75, 3.05) is 20.2 Å². The summed E-state index contributed by atoms with van der Waals surface area (Å²) in [6.07, 6.45) is -1.22. The highest BCUT2D eigenvalue weighted by molar-refractivity contribution is 5.97. The Kier molecular flexibility index (Phi) is 4.78. The van der Waals surface area contributed by atoms with E-state index >= 15 is 0 Å². The number of likely N-dealkylation sites (tertiary alicyclic amines) is 1. The van der Waals surface area contributed by atoms with E-state index in [0.29, 0.717) is 16.7 Å². The van der Waals surface area contributed by atoms with Gasteiger partial charge in [-0.05, 0) is 32.0 Å². The van der Waals surface area contributed by atoms with E-state index in [-0.39, 0.29) is 24.8 Å². The molecule has 0 bridgehead atoms. The van der Waals surface area contributed by atoms with Crippen LogP contribution in [0.4, 0.5) is 0 Å². The molecule has 2 atom stereocenters. The van der Waals surface area contributed by atoms with E-state index in [1.807, 2.05) is 13.8 Å². The molecule has 7 heteroatoms. The summed E-state index contributed by atoms with van der Waals surface area (Å²) >= 11 is 0. The van der Waals surface area contributed by atoms with Gasteiger partial charge in [-0.25, -0.2) is 4.79 Å². The molecule has 1 aromatic heterocycles. The van der Waals surface area contributed by atoms with Gasteiger partial charge in [0.2, 0.25) is 0 Å². The fraction of sp³-hybridized carbons (Fsp3) is 0.444. The van der Waals surface area contributed by atoms with Crippen LogP contribution in [0, 0.1) is 0 Å². The molecule has 1 amide bonds. The van der Waals surface area contributed by atoms with Crippen molar-refractivity contribution >= 4 is 16.9 Å². The number of ether oxygens (including phenoxy) is 2. The number of hydrogen-bond acceptors (Lipinski definition) is 6. The molecule has 134 valence electrons. The number of methoxy groups -OCH3 is 1. The van der Waals surface area contributed by atoms with Crippen LogP contribution in [0.25, 0.3) is 11.0 Å². The minimum Gasteiger partial charge on any atom is -0.491 e. The second kappa shape index (κ2) is 6.85. The number of rotatable bonds is 4. The van der Waals surface area contributed by atoms with Crippen molar-refractivity contribution in [2.45, 2.75) is 32.2 Å². The molecule has 1 saturated heterocycles. The first-order chi connectivity index (χ1) is 11.9. The van der Waals surface area contributed by atoms with Crippen molar-refractivity contribution in [1.29, 1.82) is 0 Å². The number of aliphatic hydroxyl groups is 1. The number of amides is 1. The van der Waals surface area contributed by atoms with E-state index in [9.17, 15) is 14.7 Å². The van der Waals surface area contributed by atoms with Gasteiger partial charge in [0.25, 0.3) is 5.91 Å². The first-order valence-electron chi connectivity index (χ1n) is 8.13. The molecule has 0 unspecified atom stereocenters. The summed E-state index contributed by atoms with van der Waals surface area (Å²) in [6.45, 7) is 4.16. The van der Waals surface area contributed by atoms with Crippen LogP contribution < -0.4 is 10.4 Å². The van der Waals surface area contributed by atoms with Crippen molar-refractivity contribution in [2.24, 2.45) is 0 Å². The molecule has 2 heterocycles. The van der Waals surface area contributed by atoms with Gasteiger partial charge < -0.3 is 23.9 Å². The smallest absolute Gasteiger partial charge is 0.349 e. The molecule has 7 nitrogen and oxygen atoms in total. The van der Waals surface area contributed by atoms with Crippen LogP contribution in [0.1, 0.15) is 24.2 Å². The summed E-state index contributed by atoms with van der Waals surface area (Å²) in [5.41, 5.74) is -0.417. The standard InChI is InChI=1S/C18H21NO6/c1-10(2)24-12-5-4-11-6-13(18(22)25-15(11)7-12)17(21)19-8-14(20)16(9-19)23-3/h4-7,10,14,16,20H,8-9H2,1-3H3/t14-,16-/m0/s1. The van der Waals surface area contributed by atoms with E-state index in [0.717, 1.165) is 0 Å². The Labute approximate surface area is 144 Å². The third kappa shape index (κ3) is 3.52. The lowest BCUT2D eigenvalue weighted by Crippen LogP contribution is -2.33. The van der Waals surface area contributed by atoms with Crippen LogP contribution in [-0.4, -0.2) is 54.4 Å². The predicted octanol–water partition coefficient (Wildman–Crippen LogP) is 1.41. The second-order valence-corrected chi connectivity index (χ2v) is 6.37. The molecule has 1 aromatic carbocycles. The molecule has 0 saturated carbocycles. The summed E-state index contributed by atoms with van der Waals surface area (Å²) in [5, 5.41) is 10.5. The number of carbonyl (C=O) groups is 1. The molecule has 2 aromatic rings. The number of β-amino-alcohol motifs (C(OH)–C–C–N with tert-alkyl or cyclic N) is 1. The summed E-state index contributed by atoms with van der Waals surface area (Å²) in [7, 11) is 1.48. The van der Waals surface area contributed by atoms with Gasteiger partial charge in [0.1, 0.15) is 23.0 Å². The summed E-state index contributed by atoms with van der Waals surface area (Å²) < 4.78 is 16.0. The lowest BCUT2D eigenvalue weighted by molar-refractivity contribution is 0.0215. The van der Waals surface area contributed by atoms with Crippen LogP contribution in [0.3, 0.4) is 0 Å². The zero-order valence-corrected chi connectivity index (χ0v) is 14.4. The molecular formula is C18H21NO6. The Hall–Kier alpha value is -2.38. The Morgan fingerprint density at radius 2 is 2.08 bits per heavy atom. The summed E-state index contributed by atoms with van der Waals surface area (Å²) in [6, 6.07) is 6.64. The zero-order valence-electron chi connectivity index (χ0n) is 14.4. The highest BCUT2D eigenvalue weighted by Gasteiger charge is 2.35. The maximum absolute atomic E-state index is 12.6. The number of carbonyl (C=O) groups excluding carboxylic acids is 1. The highest BCUT2D eigenvalue weighted by atomic mass is 16.5. The number of fused-ring (bicyclic) bond motifs is 1. The molecule has 0 spiro atoms. The van der Waals surface area contributed by atoms with Crippen molar-refractivity contribution in [1.82, 2.24) is 4.90 Å². The predicted molar refractivity (Wildman–Crippen MR) is 91.0 cm³/mol. The molecule has 3 rings (SSSR count). The molecule has 1 aliphatic rings. The Balaban J connectivity index is 1.91. The molecule has 0 aliphatic carbocycles. The van der Waals surface area contributed by atoms with E-state index < -0.39 is 23.7 Å². The Morgan fingerprint density at radius 1 is 1.32 bits per heavy atom. The van der Waals surface area contributed by atoms with Crippen molar-refractivity contribution in [3.63, 3.8) is 0 Å². The summed E-state index contributed by atoms with van der Waals surface area (Å²) in [4.78, 5) is 26.3. The lowest BCUT2D eigenvalue weighted by Gasteiger charge is -2.15. The third-order valence-electron chi connectivity index (χ3n) is 4.14. The monoisotopic (exact) mass is 347 g/mol. The molecule has 1 N–H and O–H groups in total. The van der Waals surface area contributed by atoms with Crippen LogP contribution in [0.5, 0.6) is 5.75 Å². The van der Waals surface area contributed by atoms with Gasteiger partial charge >= 0.3 is 5.63 Å². The van der Waals surface area contributed by atoms with Crippen LogP contribution in [-0.2, 0) is 4.74 Å². The number of nitrogens with zero attached hydrogens (tertiary/aromatic N) is 1. The Bertz CT molecular complexity index is 843. The van der Waals surface area contributed by atoms with E-state index in [4.69, 9.17) is 13.9 Å². The largest absolute Gasteiger partial charge is 0.491 e. The van der Waals surface area contributed by atoms with E-state index in [1.54, 1.807) is 18.2 Å². The topological polar surface area (TPSA) is 89.2 Å². The van der Waals surface area contributed by atoms with Crippen molar-refractivity contribution < 1.29 is 23.8 Å². The third-order valence-corrected chi connectivity index (χ3v) is 4.14. The lowest BCUT2D eigenvalue weighted by atomic mass is 10.1. The molecule has 1 aliphatic heterocycles. The highest BCUT2D eigenvalue weighted by Crippen LogP contribution is 2.22. The van der Waals surface area contributed by atoms with Gasteiger partial charge in [-0.15, -0.1) is 0 Å². The number of benzene rings is 1. The normalized spacial score (nSPS) is 20.4. The minimum absolute atomic E-state index is 0.000322. The number of aliphatic hydroxyl groups excluding tert-OH is 1. The minimum atomic E-state index is -0.766. The quantitative estimate of drug-likeness (QED) is 0.841. The molecule has 1 fully saturated rings. The first-order valence-corrected chi connectivity index (χ1v) is 8.13. The maximum atomic E-state index is 12.6. The molecule has 25 heavy (non-hydrogen) atoms. The fourth-order valence-electron chi connectivity index (χ4n) is 2.91. The molecule has 0 radical (unpaired) electrons. The molecular weight excluding hydrogens is 326 g/mol. The van der Waals surface area contributed by atoms with Gasteiger partial charge in [0.15, 0.2) is 0 Å². The summed E-state index contributed by atoms with van der Waals surface area (Å²) in [5.74, 6) is 0.118. The average molecular weight is 347 g/mol.